The lowest BCUT2D eigenvalue weighted by molar-refractivity contribution is 0.154. The van der Waals surface area contributed by atoms with Crippen molar-refractivity contribution in [3.05, 3.63) is 0 Å². The molecule has 1 saturated carbocycles. The number of hydrogen-bond acceptors (Lipinski definition) is 2. The first kappa shape index (κ1) is 18.3. The van der Waals surface area contributed by atoms with Crippen LogP contribution in [-0.4, -0.2) is 25.8 Å². The highest BCUT2D eigenvalue weighted by Gasteiger charge is 2.34. The average molecular weight is 323 g/mol. The van der Waals surface area contributed by atoms with Crippen LogP contribution in [0, 0.1) is 11.3 Å². The van der Waals surface area contributed by atoms with Crippen molar-refractivity contribution in [3.8, 4) is 0 Å². The minimum Gasteiger partial charge on any atom is -0.229 e. The van der Waals surface area contributed by atoms with Crippen molar-refractivity contribution in [1.29, 1.82) is 0 Å². The Hall–Kier alpha value is 0.240. The number of unbranched alkanes of at least 4 members (excludes halogenated alkanes) is 1. The smallest absolute Gasteiger partial charge is 0.150 e. The van der Waals surface area contributed by atoms with Crippen LogP contribution in [0.1, 0.15) is 71.6 Å². The zero-order chi connectivity index (χ0) is 15.1. The Morgan fingerprint density at radius 1 is 1.15 bits per heavy atom. The SMILES string of the molecule is CCCCC1CCC(CCl)(CCCS(=O)(=O)CC)CC1. The molecule has 0 heterocycles. The van der Waals surface area contributed by atoms with Gasteiger partial charge in [0.1, 0.15) is 9.84 Å². The summed E-state index contributed by atoms with van der Waals surface area (Å²) in [5.74, 6) is 2.17. The van der Waals surface area contributed by atoms with E-state index < -0.39 is 9.84 Å². The molecule has 0 bridgehead atoms. The molecule has 0 aromatic rings. The van der Waals surface area contributed by atoms with E-state index in [0.29, 0.717) is 11.6 Å². The fraction of sp³-hybridized carbons (Fsp3) is 1.00. The summed E-state index contributed by atoms with van der Waals surface area (Å²) in [7, 11) is -2.82. The summed E-state index contributed by atoms with van der Waals surface area (Å²) in [4.78, 5) is 0. The van der Waals surface area contributed by atoms with E-state index in [1.54, 1.807) is 6.92 Å². The van der Waals surface area contributed by atoms with Crippen LogP contribution in [0.25, 0.3) is 0 Å². The highest BCUT2D eigenvalue weighted by Crippen LogP contribution is 2.44. The number of hydrogen-bond donors (Lipinski definition) is 0. The second-order valence-corrected chi connectivity index (χ2v) is 9.30. The number of sulfone groups is 1. The van der Waals surface area contributed by atoms with E-state index in [0.717, 1.165) is 18.8 Å². The molecule has 1 aliphatic carbocycles. The van der Waals surface area contributed by atoms with E-state index in [1.807, 2.05) is 0 Å². The quantitative estimate of drug-likeness (QED) is 0.571. The van der Waals surface area contributed by atoms with Crippen LogP contribution in [0.4, 0.5) is 0 Å². The van der Waals surface area contributed by atoms with E-state index >= 15 is 0 Å². The van der Waals surface area contributed by atoms with Crippen molar-refractivity contribution >= 4 is 21.4 Å². The van der Waals surface area contributed by atoms with Crippen molar-refractivity contribution in [2.75, 3.05) is 17.4 Å². The van der Waals surface area contributed by atoms with Gasteiger partial charge in [0.2, 0.25) is 0 Å². The molecular formula is C16H31ClO2S. The van der Waals surface area contributed by atoms with Crippen LogP contribution in [0.2, 0.25) is 0 Å². The highest BCUT2D eigenvalue weighted by atomic mass is 35.5. The summed E-state index contributed by atoms with van der Waals surface area (Å²) in [5.41, 5.74) is 0.216. The molecule has 20 heavy (non-hydrogen) atoms. The molecule has 0 unspecified atom stereocenters. The first-order valence-electron chi connectivity index (χ1n) is 8.23. The third-order valence-corrected chi connectivity index (χ3v) is 7.37. The minimum absolute atomic E-state index is 0.216. The molecule has 0 saturated heterocycles. The Labute approximate surface area is 130 Å². The van der Waals surface area contributed by atoms with Crippen LogP contribution in [0.15, 0.2) is 0 Å². The van der Waals surface area contributed by atoms with Gasteiger partial charge in [-0.1, -0.05) is 33.1 Å². The maximum atomic E-state index is 11.6. The third kappa shape index (κ3) is 5.93. The largest absolute Gasteiger partial charge is 0.229 e. The fourth-order valence-electron chi connectivity index (χ4n) is 3.33. The molecule has 0 amide bonds. The van der Waals surface area contributed by atoms with Gasteiger partial charge in [-0.25, -0.2) is 8.42 Å². The molecule has 0 aromatic carbocycles. The van der Waals surface area contributed by atoms with Gasteiger partial charge < -0.3 is 0 Å². The molecule has 4 heteroatoms. The fourth-order valence-corrected chi connectivity index (χ4v) is 4.61. The average Bonchev–Trinajstić information content (AvgIpc) is 2.46. The monoisotopic (exact) mass is 322 g/mol. The van der Waals surface area contributed by atoms with Crippen molar-refractivity contribution in [3.63, 3.8) is 0 Å². The molecule has 0 N–H and O–H groups in total. The highest BCUT2D eigenvalue weighted by molar-refractivity contribution is 7.91. The Morgan fingerprint density at radius 2 is 1.80 bits per heavy atom. The van der Waals surface area contributed by atoms with Gasteiger partial charge >= 0.3 is 0 Å². The minimum atomic E-state index is -2.82. The van der Waals surface area contributed by atoms with Gasteiger partial charge in [-0.05, 0) is 49.9 Å². The third-order valence-electron chi connectivity index (χ3n) is 5.02. The van der Waals surface area contributed by atoms with Gasteiger partial charge in [0, 0.05) is 11.6 Å². The van der Waals surface area contributed by atoms with Gasteiger partial charge in [0.05, 0.1) is 5.75 Å². The van der Waals surface area contributed by atoms with Gasteiger partial charge in [0.25, 0.3) is 0 Å². The molecule has 1 aliphatic rings. The van der Waals surface area contributed by atoms with Crippen LogP contribution >= 0.6 is 11.6 Å². The predicted molar refractivity (Wildman–Crippen MR) is 88.2 cm³/mol. The maximum absolute atomic E-state index is 11.6. The second kappa shape index (κ2) is 8.63. The summed E-state index contributed by atoms with van der Waals surface area (Å²) >= 11 is 6.22. The first-order valence-corrected chi connectivity index (χ1v) is 10.6. The van der Waals surface area contributed by atoms with Gasteiger partial charge in [-0.15, -0.1) is 11.6 Å². The van der Waals surface area contributed by atoms with E-state index in [4.69, 9.17) is 11.6 Å². The van der Waals surface area contributed by atoms with Crippen LogP contribution < -0.4 is 0 Å². The Balaban J connectivity index is 2.38. The molecule has 0 aliphatic heterocycles. The Bertz CT molecular complexity index is 357. The van der Waals surface area contributed by atoms with E-state index in [9.17, 15) is 8.42 Å². The van der Waals surface area contributed by atoms with Gasteiger partial charge in [0.15, 0.2) is 0 Å². The first-order chi connectivity index (χ1) is 9.47. The molecule has 120 valence electrons. The van der Waals surface area contributed by atoms with Crippen molar-refractivity contribution in [1.82, 2.24) is 0 Å². The van der Waals surface area contributed by atoms with Crippen molar-refractivity contribution in [2.24, 2.45) is 11.3 Å². The summed E-state index contributed by atoms with van der Waals surface area (Å²) < 4.78 is 23.1. The zero-order valence-corrected chi connectivity index (χ0v) is 14.7. The summed E-state index contributed by atoms with van der Waals surface area (Å²) in [6.07, 6.45) is 10.7. The second-order valence-electron chi connectivity index (χ2n) is 6.56. The lowest BCUT2D eigenvalue weighted by Gasteiger charge is -2.39. The van der Waals surface area contributed by atoms with E-state index in [2.05, 4.69) is 6.92 Å². The number of alkyl halides is 1. The molecule has 0 aromatic heterocycles. The topological polar surface area (TPSA) is 34.1 Å². The molecule has 0 atom stereocenters. The van der Waals surface area contributed by atoms with Crippen molar-refractivity contribution < 1.29 is 8.42 Å². The predicted octanol–water partition coefficient (Wildman–Crippen LogP) is 4.81. The lowest BCUT2D eigenvalue weighted by Crippen LogP contribution is -2.30. The molecule has 1 fully saturated rings. The standard InChI is InChI=1S/C16H31ClO2S/c1-3-5-7-15-8-11-16(14-17,12-9-15)10-6-13-20(18,19)4-2/h15H,3-14H2,1-2H3. The van der Waals surface area contributed by atoms with Crippen LogP contribution in [-0.2, 0) is 9.84 Å². The zero-order valence-electron chi connectivity index (χ0n) is 13.2. The Morgan fingerprint density at radius 3 is 2.30 bits per heavy atom. The molecule has 0 radical (unpaired) electrons. The summed E-state index contributed by atoms with van der Waals surface area (Å²) in [6, 6.07) is 0. The summed E-state index contributed by atoms with van der Waals surface area (Å²) in [5, 5.41) is 0. The normalized spacial score (nSPS) is 27.6. The van der Waals surface area contributed by atoms with E-state index in [1.165, 1.54) is 44.9 Å². The van der Waals surface area contributed by atoms with E-state index in [-0.39, 0.29) is 11.2 Å². The lowest BCUT2D eigenvalue weighted by atomic mass is 9.68. The van der Waals surface area contributed by atoms with Crippen LogP contribution in [0.3, 0.4) is 0 Å². The number of halogens is 1. The molecular weight excluding hydrogens is 292 g/mol. The van der Waals surface area contributed by atoms with Crippen LogP contribution in [0.5, 0.6) is 0 Å². The molecule has 0 spiro atoms. The molecule has 2 nitrogen and oxygen atoms in total. The van der Waals surface area contributed by atoms with Crippen molar-refractivity contribution in [2.45, 2.75) is 71.6 Å². The van der Waals surface area contributed by atoms with Gasteiger partial charge in [-0.3, -0.25) is 0 Å². The van der Waals surface area contributed by atoms with Gasteiger partial charge in [-0.2, -0.15) is 0 Å². The maximum Gasteiger partial charge on any atom is 0.150 e. The molecule has 1 rings (SSSR count). The Kier molecular flexibility index (Phi) is 7.89. The summed E-state index contributed by atoms with van der Waals surface area (Å²) in [6.45, 7) is 3.98. The number of rotatable bonds is 9.